The van der Waals surface area contributed by atoms with E-state index < -0.39 is 0 Å². The maximum Gasteiger partial charge on any atom is 0.224 e. The summed E-state index contributed by atoms with van der Waals surface area (Å²) in [5, 5.41) is 3.36. The Kier molecular flexibility index (Phi) is 3.29. The minimum Gasteiger partial charge on any atom is -0.357 e. The van der Waals surface area contributed by atoms with E-state index >= 15 is 0 Å². The van der Waals surface area contributed by atoms with Gasteiger partial charge in [-0.15, -0.1) is 0 Å². The summed E-state index contributed by atoms with van der Waals surface area (Å²) in [7, 11) is 1.78. The topological polar surface area (TPSA) is 37.8 Å². The number of nitrogens with one attached hydrogen (secondary N) is 1. The van der Waals surface area contributed by atoms with E-state index in [-0.39, 0.29) is 0 Å². The minimum absolute atomic E-state index is 0.446. The predicted octanol–water partition coefficient (Wildman–Crippen LogP) is 3.46. The van der Waals surface area contributed by atoms with Gasteiger partial charge in [0, 0.05) is 18.7 Å². The molecule has 0 radical (unpaired) electrons. The zero-order valence-corrected chi connectivity index (χ0v) is 10.8. The second-order valence-electron chi connectivity index (χ2n) is 3.92. The number of hydrogen-bond acceptors (Lipinski definition) is 3. The molecule has 0 aliphatic rings. The monoisotopic (exact) mass is 247 g/mol. The first-order valence-electron chi connectivity index (χ1n) is 5.40. The van der Waals surface area contributed by atoms with Crippen LogP contribution in [0, 0.1) is 13.8 Å². The SMILES string of the molecule is CNc1nc(Cl)cc(-c2c(C)cccc2C)n1. The van der Waals surface area contributed by atoms with E-state index in [9.17, 15) is 0 Å². The van der Waals surface area contributed by atoms with Crippen molar-refractivity contribution >= 4 is 17.5 Å². The number of benzene rings is 1. The number of halogens is 1. The average Bonchev–Trinajstić information content (AvgIpc) is 2.28. The highest BCUT2D eigenvalue weighted by atomic mass is 35.5. The molecule has 0 amide bonds. The molecule has 0 aliphatic carbocycles. The van der Waals surface area contributed by atoms with Crippen LogP contribution in [0.4, 0.5) is 5.95 Å². The summed E-state index contributed by atoms with van der Waals surface area (Å²) in [6, 6.07) is 7.96. The Hall–Kier alpha value is -1.61. The standard InChI is InChI=1S/C13H14ClN3/c1-8-5-4-6-9(2)12(8)10-7-11(14)17-13(15-3)16-10/h4-7H,1-3H3,(H,15,16,17). The van der Waals surface area contributed by atoms with Crippen LogP contribution in [0.5, 0.6) is 0 Å². The first kappa shape index (κ1) is 11.9. The molecule has 0 unspecified atom stereocenters. The van der Waals surface area contributed by atoms with E-state index in [0.717, 1.165) is 11.3 Å². The zero-order valence-electron chi connectivity index (χ0n) is 10.1. The molecule has 3 nitrogen and oxygen atoms in total. The molecule has 1 heterocycles. The van der Waals surface area contributed by atoms with Gasteiger partial charge in [0.1, 0.15) is 5.15 Å². The molecule has 1 N–H and O–H groups in total. The van der Waals surface area contributed by atoms with Crippen LogP contribution in [0.15, 0.2) is 24.3 Å². The first-order chi connectivity index (χ1) is 8.11. The lowest BCUT2D eigenvalue weighted by Crippen LogP contribution is -1.99. The van der Waals surface area contributed by atoms with Gasteiger partial charge >= 0.3 is 0 Å². The van der Waals surface area contributed by atoms with Gasteiger partial charge < -0.3 is 5.32 Å². The van der Waals surface area contributed by atoms with E-state index in [1.54, 1.807) is 13.1 Å². The Morgan fingerprint density at radius 1 is 1.12 bits per heavy atom. The fourth-order valence-corrected chi connectivity index (χ4v) is 2.06. The zero-order chi connectivity index (χ0) is 12.4. The second kappa shape index (κ2) is 4.72. The Labute approximate surface area is 106 Å². The van der Waals surface area contributed by atoms with Crippen LogP contribution in [0.1, 0.15) is 11.1 Å². The lowest BCUT2D eigenvalue weighted by Gasteiger charge is -2.10. The number of anilines is 1. The van der Waals surface area contributed by atoms with E-state index in [1.807, 2.05) is 6.07 Å². The summed E-state index contributed by atoms with van der Waals surface area (Å²) in [6.45, 7) is 4.13. The summed E-state index contributed by atoms with van der Waals surface area (Å²) in [5.41, 5.74) is 4.34. The van der Waals surface area contributed by atoms with Gasteiger partial charge in [0.2, 0.25) is 5.95 Å². The quantitative estimate of drug-likeness (QED) is 0.826. The van der Waals surface area contributed by atoms with Gasteiger partial charge in [0.25, 0.3) is 0 Å². The van der Waals surface area contributed by atoms with E-state index in [1.165, 1.54) is 11.1 Å². The average molecular weight is 248 g/mol. The molecular formula is C13H14ClN3. The van der Waals surface area contributed by atoms with Crippen molar-refractivity contribution in [2.45, 2.75) is 13.8 Å². The molecule has 0 spiro atoms. The highest BCUT2D eigenvalue weighted by Crippen LogP contribution is 2.27. The van der Waals surface area contributed by atoms with E-state index in [2.05, 4.69) is 41.3 Å². The summed E-state index contributed by atoms with van der Waals surface area (Å²) in [6.07, 6.45) is 0. The Balaban J connectivity index is 2.64. The van der Waals surface area contributed by atoms with Gasteiger partial charge in [0.05, 0.1) is 5.69 Å². The second-order valence-corrected chi connectivity index (χ2v) is 4.30. The predicted molar refractivity (Wildman–Crippen MR) is 71.5 cm³/mol. The van der Waals surface area contributed by atoms with Gasteiger partial charge in [-0.05, 0) is 25.0 Å². The number of rotatable bonds is 2. The van der Waals surface area contributed by atoms with Gasteiger partial charge in [-0.3, -0.25) is 0 Å². The van der Waals surface area contributed by atoms with Crippen LogP contribution in [0.3, 0.4) is 0 Å². The van der Waals surface area contributed by atoms with Gasteiger partial charge in [-0.25, -0.2) is 9.97 Å². The molecule has 2 rings (SSSR count). The summed E-state index contributed by atoms with van der Waals surface area (Å²) >= 11 is 5.99. The summed E-state index contributed by atoms with van der Waals surface area (Å²) in [5.74, 6) is 0.537. The summed E-state index contributed by atoms with van der Waals surface area (Å²) < 4.78 is 0. The maximum atomic E-state index is 5.99. The molecular weight excluding hydrogens is 234 g/mol. The maximum absolute atomic E-state index is 5.99. The highest BCUT2D eigenvalue weighted by molar-refractivity contribution is 6.29. The van der Waals surface area contributed by atoms with Crippen LogP contribution in [0.25, 0.3) is 11.3 Å². The third kappa shape index (κ3) is 2.39. The third-order valence-corrected chi connectivity index (χ3v) is 2.85. The highest BCUT2D eigenvalue weighted by Gasteiger charge is 2.09. The number of aromatic nitrogens is 2. The molecule has 0 saturated heterocycles. The fraction of sp³-hybridized carbons (Fsp3) is 0.231. The number of aryl methyl sites for hydroxylation is 2. The molecule has 0 aliphatic heterocycles. The largest absolute Gasteiger partial charge is 0.357 e. The Bertz CT molecular complexity index is 532. The van der Waals surface area contributed by atoms with Gasteiger partial charge in [-0.1, -0.05) is 29.8 Å². The molecule has 1 aromatic carbocycles. The van der Waals surface area contributed by atoms with Gasteiger partial charge in [-0.2, -0.15) is 0 Å². The van der Waals surface area contributed by atoms with E-state index in [4.69, 9.17) is 11.6 Å². The lowest BCUT2D eigenvalue weighted by molar-refractivity contribution is 1.15. The summed E-state index contributed by atoms with van der Waals surface area (Å²) in [4.78, 5) is 8.52. The molecule has 0 bridgehead atoms. The molecule has 1 aromatic heterocycles. The van der Waals surface area contributed by atoms with Crippen LogP contribution in [-0.2, 0) is 0 Å². The fourth-order valence-electron chi connectivity index (χ4n) is 1.88. The number of hydrogen-bond donors (Lipinski definition) is 1. The van der Waals surface area contributed by atoms with Crippen LogP contribution < -0.4 is 5.32 Å². The van der Waals surface area contributed by atoms with Crippen molar-refractivity contribution in [3.63, 3.8) is 0 Å². The molecule has 0 saturated carbocycles. The third-order valence-electron chi connectivity index (χ3n) is 2.66. The van der Waals surface area contributed by atoms with Crippen molar-refractivity contribution < 1.29 is 0 Å². The lowest BCUT2D eigenvalue weighted by atomic mass is 10.00. The molecule has 0 fully saturated rings. The molecule has 2 aromatic rings. The van der Waals surface area contributed by atoms with Gasteiger partial charge in [0.15, 0.2) is 0 Å². The molecule has 17 heavy (non-hydrogen) atoms. The first-order valence-corrected chi connectivity index (χ1v) is 5.78. The van der Waals surface area contributed by atoms with Crippen molar-refractivity contribution in [3.8, 4) is 11.3 Å². The minimum atomic E-state index is 0.446. The normalized spacial score (nSPS) is 10.4. The van der Waals surface area contributed by atoms with Crippen LogP contribution in [0.2, 0.25) is 5.15 Å². The van der Waals surface area contributed by atoms with Crippen LogP contribution in [-0.4, -0.2) is 17.0 Å². The van der Waals surface area contributed by atoms with Crippen LogP contribution >= 0.6 is 11.6 Å². The molecule has 0 atom stereocenters. The van der Waals surface area contributed by atoms with Crippen molar-refractivity contribution in [2.24, 2.45) is 0 Å². The smallest absolute Gasteiger partial charge is 0.224 e. The molecule has 88 valence electrons. The van der Waals surface area contributed by atoms with Crippen molar-refractivity contribution in [1.82, 2.24) is 9.97 Å². The molecule has 4 heteroatoms. The van der Waals surface area contributed by atoms with E-state index in [0.29, 0.717) is 11.1 Å². The van der Waals surface area contributed by atoms with Crippen molar-refractivity contribution in [1.29, 1.82) is 0 Å². The van der Waals surface area contributed by atoms with Crippen molar-refractivity contribution in [3.05, 3.63) is 40.5 Å². The van der Waals surface area contributed by atoms with Crippen molar-refractivity contribution in [2.75, 3.05) is 12.4 Å². The number of nitrogens with zero attached hydrogens (tertiary/aromatic N) is 2. The Morgan fingerprint density at radius 3 is 2.35 bits per heavy atom. The Morgan fingerprint density at radius 2 is 1.76 bits per heavy atom.